The lowest BCUT2D eigenvalue weighted by molar-refractivity contribution is -0.131. The summed E-state index contributed by atoms with van der Waals surface area (Å²) >= 11 is 6.10. The molecule has 0 unspecified atom stereocenters. The van der Waals surface area contributed by atoms with Crippen molar-refractivity contribution in [3.05, 3.63) is 94.8 Å². The standard InChI is InChI=1S/C33H40ClFN4O3/c1-36(30-15-13-29(35)14-16-30)22-17-32(40)38-20-5-18-37(23-26-9-11-28(34)12-10-26)19-6-21-39(33(41)25-42-2)31-8-4-3-7-27(31)24-38/h3-4,7-16H,5-6,17-25H2,1-2H3. The lowest BCUT2D eigenvalue weighted by Gasteiger charge is -2.32. The van der Waals surface area contributed by atoms with E-state index in [1.807, 2.05) is 65.4 Å². The number of rotatable bonds is 8. The smallest absolute Gasteiger partial charge is 0.252 e. The third-order valence-corrected chi connectivity index (χ3v) is 7.82. The van der Waals surface area contributed by atoms with Crippen LogP contribution in [0, 0.1) is 5.82 Å². The van der Waals surface area contributed by atoms with Gasteiger partial charge in [0.1, 0.15) is 12.4 Å². The molecule has 0 saturated carbocycles. The molecule has 1 aliphatic rings. The fourth-order valence-electron chi connectivity index (χ4n) is 5.29. The Labute approximate surface area is 253 Å². The molecule has 0 fully saturated rings. The number of fused-ring (bicyclic) bond motifs is 1. The van der Waals surface area contributed by atoms with Gasteiger partial charge in [-0.25, -0.2) is 4.39 Å². The molecule has 1 heterocycles. The fraction of sp³-hybridized carbons (Fsp3) is 0.394. The third-order valence-electron chi connectivity index (χ3n) is 7.57. The van der Waals surface area contributed by atoms with Gasteiger partial charge in [0.05, 0.1) is 0 Å². The average molecular weight is 595 g/mol. The number of benzene rings is 3. The van der Waals surface area contributed by atoms with Gasteiger partial charge in [-0.05, 0) is 66.4 Å². The molecule has 3 aromatic rings. The second-order valence-corrected chi connectivity index (χ2v) is 11.1. The van der Waals surface area contributed by atoms with Crippen LogP contribution in [0.5, 0.6) is 0 Å². The zero-order chi connectivity index (χ0) is 29.9. The van der Waals surface area contributed by atoms with Gasteiger partial charge < -0.3 is 19.4 Å². The van der Waals surface area contributed by atoms with Gasteiger partial charge >= 0.3 is 0 Å². The van der Waals surface area contributed by atoms with E-state index in [-0.39, 0.29) is 24.2 Å². The van der Waals surface area contributed by atoms with Crippen LogP contribution in [0.15, 0.2) is 72.8 Å². The highest BCUT2D eigenvalue weighted by atomic mass is 35.5. The maximum Gasteiger partial charge on any atom is 0.252 e. The van der Waals surface area contributed by atoms with Crippen molar-refractivity contribution >= 4 is 34.8 Å². The molecule has 7 nitrogen and oxygen atoms in total. The van der Waals surface area contributed by atoms with Crippen LogP contribution < -0.4 is 9.80 Å². The van der Waals surface area contributed by atoms with Gasteiger partial charge in [0.15, 0.2) is 0 Å². The number of halogens is 2. The molecule has 0 spiro atoms. The van der Waals surface area contributed by atoms with Crippen molar-refractivity contribution < 1.29 is 18.7 Å². The van der Waals surface area contributed by atoms with E-state index in [1.54, 1.807) is 17.0 Å². The predicted octanol–water partition coefficient (Wildman–Crippen LogP) is 5.61. The minimum Gasteiger partial charge on any atom is -0.375 e. The van der Waals surface area contributed by atoms with Crippen molar-refractivity contribution in [3.63, 3.8) is 0 Å². The van der Waals surface area contributed by atoms with Gasteiger partial charge in [-0.1, -0.05) is 41.9 Å². The van der Waals surface area contributed by atoms with Gasteiger partial charge in [-0.15, -0.1) is 0 Å². The second-order valence-electron chi connectivity index (χ2n) is 10.7. The molecule has 0 radical (unpaired) electrons. The predicted molar refractivity (Wildman–Crippen MR) is 166 cm³/mol. The summed E-state index contributed by atoms with van der Waals surface area (Å²) in [7, 11) is 3.43. The van der Waals surface area contributed by atoms with Crippen LogP contribution in [0.4, 0.5) is 15.8 Å². The Morgan fingerprint density at radius 3 is 2.31 bits per heavy atom. The van der Waals surface area contributed by atoms with Crippen molar-refractivity contribution in [1.29, 1.82) is 0 Å². The molecule has 1 aliphatic heterocycles. The quantitative estimate of drug-likeness (QED) is 0.339. The van der Waals surface area contributed by atoms with E-state index in [0.717, 1.165) is 49.4 Å². The Kier molecular flexibility index (Phi) is 11.7. The lowest BCUT2D eigenvalue weighted by Crippen LogP contribution is -2.40. The molecule has 4 rings (SSSR count). The summed E-state index contributed by atoms with van der Waals surface area (Å²) in [5.41, 5.74) is 3.76. The van der Waals surface area contributed by atoms with Crippen molar-refractivity contribution in [2.24, 2.45) is 0 Å². The van der Waals surface area contributed by atoms with Gasteiger partial charge in [0.25, 0.3) is 5.91 Å². The number of hydrogen-bond acceptors (Lipinski definition) is 5. The first-order valence-electron chi connectivity index (χ1n) is 14.4. The molecule has 0 saturated heterocycles. The molecule has 0 bridgehead atoms. The van der Waals surface area contributed by atoms with Gasteiger partial charge in [0.2, 0.25) is 5.91 Å². The molecular formula is C33H40ClFN4O3. The van der Waals surface area contributed by atoms with E-state index >= 15 is 0 Å². The number of ether oxygens (including phenoxy) is 1. The average Bonchev–Trinajstić information content (AvgIpc) is 2.98. The second kappa shape index (κ2) is 15.7. The number of nitrogens with zero attached hydrogens (tertiary/aromatic N) is 4. The molecule has 42 heavy (non-hydrogen) atoms. The Morgan fingerprint density at radius 2 is 1.60 bits per heavy atom. The van der Waals surface area contributed by atoms with E-state index in [2.05, 4.69) is 4.90 Å². The van der Waals surface area contributed by atoms with Crippen LogP contribution in [0.3, 0.4) is 0 Å². The molecule has 0 N–H and O–H groups in total. The first kappa shape index (κ1) is 31.5. The van der Waals surface area contributed by atoms with Crippen molar-refractivity contribution in [1.82, 2.24) is 9.80 Å². The zero-order valence-corrected chi connectivity index (χ0v) is 25.2. The Balaban J connectivity index is 1.54. The molecule has 3 aromatic carbocycles. The SMILES string of the molecule is COCC(=O)N1CCCN(Cc2ccc(Cl)cc2)CCCN(C(=O)CCN(C)c2ccc(F)cc2)Cc2ccccc21. The molecule has 0 atom stereocenters. The summed E-state index contributed by atoms with van der Waals surface area (Å²) in [5, 5.41) is 0.706. The van der Waals surface area contributed by atoms with E-state index in [9.17, 15) is 14.0 Å². The van der Waals surface area contributed by atoms with Crippen molar-refractivity contribution in [2.75, 3.05) is 63.3 Å². The molecule has 2 amide bonds. The number of amides is 2. The maximum atomic E-state index is 13.6. The molecule has 0 aliphatic carbocycles. The van der Waals surface area contributed by atoms with Crippen LogP contribution in [-0.4, -0.2) is 75.1 Å². The Bertz CT molecular complexity index is 1310. The first-order valence-corrected chi connectivity index (χ1v) is 14.8. The van der Waals surface area contributed by atoms with Crippen LogP contribution in [0.1, 0.15) is 30.4 Å². The summed E-state index contributed by atoms with van der Waals surface area (Å²) in [4.78, 5) is 34.9. The number of para-hydroxylation sites is 1. The number of hydrogen-bond donors (Lipinski definition) is 0. The van der Waals surface area contributed by atoms with Gasteiger partial charge in [-0.3, -0.25) is 14.5 Å². The highest BCUT2D eigenvalue weighted by molar-refractivity contribution is 6.30. The number of anilines is 2. The van der Waals surface area contributed by atoms with Gasteiger partial charge in [-0.2, -0.15) is 0 Å². The third kappa shape index (κ3) is 9.02. The number of methoxy groups -OCH3 is 1. The van der Waals surface area contributed by atoms with Crippen molar-refractivity contribution in [2.45, 2.75) is 32.4 Å². The van der Waals surface area contributed by atoms with Crippen LogP contribution >= 0.6 is 11.6 Å². The van der Waals surface area contributed by atoms with E-state index in [4.69, 9.17) is 16.3 Å². The Morgan fingerprint density at radius 1 is 0.905 bits per heavy atom. The largest absolute Gasteiger partial charge is 0.375 e. The van der Waals surface area contributed by atoms with Crippen LogP contribution in [-0.2, 0) is 27.4 Å². The minimum absolute atomic E-state index is 0.0127. The number of carbonyl (C=O) groups is 2. The lowest BCUT2D eigenvalue weighted by atomic mass is 10.1. The molecule has 9 heteroatoms. The summed E-state index contributed by atoms with van der Waals surface area (Å²) in [5.74, 6) is -0.357. The van der Waals surface area contributed by atoms with E-state index < -0.39 is 0 Å². The van der Waals surface area contributed by atoms with E-state index in [0.29, 0.717) is 37.6 Å². The first-order chi connectivity index (χ1) is 20.3. The summed E-state index contributed by atoms with van der Waals surface area (Å²) in [6.45, 7) is 4.42. The number of carbonyl (C=O) groups excluding carboxylic acids is 2. The molecule has 0 aromatic heterocycles. The fourth-order valence-corrected chi connectivity index (χ4v) is 5.41. The van der Waals surface area contributed by atoms with Crippen LogP contribution in [0.2, 0.25) is 5.02 Å². The van der Waals surface area contributed by atoms with E-state index in [1.165, 1.54) is 24.8 Å². The topological polar surface area (TPSA) is 56.3 Å². The summed E-state index contributed by atoms with van der Waals surface area (Å²) in [6, 6.07) is 22.0. The summed E-state index contributed by atoms with van der Waals surface area (Å²) in [6.07, 6.45) is 1.94. The maximum absolute atomic E-state index is 13.6. The monoisotopic (exact) mass is 594 g/mol. The van der Waals surface area contributed by atoms with Crippen molar-refractivity contribution in [3.8, 4) is 0 Å². The zero-order valence-electron chi connectivity index (χ0n) is 24.5. The highest BCUT2D eigenvalue weighted by Gasteiger charge is 2.23. The highest BCUT2D eigenvalue weighted by Crippen LogP contribution is 2.25. The minimum atomic E-state index is -0.288. The summed E-state index contributed by atoms with van der Waals surface area (Å²) < 4.78 is 18.6. The molecule has 224 valence electrons. The van der Waals surface area contributed by atoms with Crippen LogP contribution in [0.25, 0.3) is 0 Å². The normalized spacial score (nSPS) is 15.0. The Hall–Kier alpha value is -3.46. The molecular weight excluding hydrogens is 555 g/mol. The van der Waals surface area contributed by atoms with Gasteiger partial charge in [0, 0.05) is 82.8 Å².